The molecule has 0 radical (unpaired) electrons. The zero-order chi connectivity index (χ0) is 5.82. The van der Waals surface area contributed by atoms with Gasteiger partial charge >= 0.3 is 0 Å². The van der Waals surface area contributed by atoms with Gasteiger partial charge in [-0.05, 0) is 18.5 Å². The second-order valence-electron chi connectivity index (χ2n) is 2.40. The Bertz CT molecular complexity index is 64.1. The van der Waals surface area contributed by atoms with Gasteiger partial charge in [0.1, 0.15) is 0 Å². The fourth-order valence-electron chi connectivity index (χ4n) is 1.13. The smallest absolute Gasteiger partial charge is 0.187 e. The summed E-state index contributed by atoms with van der Waals surface area (Å²) in [5, 5.41) is 0. The Hall–Kier alpha value is 0.709. The highest BCUT2D eigenvalue weighted by Gasteiger charge is 2.12. The molecule has 0 bridgehead atoms. The molecule has 0 spiro atoms. The van der Waals surface area contributed by atoms with Crippen molar-refractivity contribution >= 4 is 26.4 Å². The van der Waals surface area contributed by atoms with E-state index in [0.717, 1.165) is 6.61 Å². The molecule has 1 saturated heterocycles. The minimum Gasteiger partial charge on any atom is -0.420 e. The molecule has 0 amide bonds. The van der Waals surface area contributed by atoms with Crippen LogP contribution in [0.15, 0.2) is 0 Å². The summed E-state index contributed by atoms with van der Waals surface area (Å²) in [5.74, 6) is 0. The first-order valence-corrected chi connectivity index (χ1v) is 5.65. The van der Waals surface area contributed by atoms with Gasteiger partial charge in [-0.15, -0.1) is 0 Å². The van der Waals surface area contributed by atoms with Crippen LogP contribution in [-0.4, -0.2) is 33.0 Å². The molecule has 1 nitrogen and oxygen atoms in total. The summed E-state index contributed by atoms with van der Waals surface area (Å²) < 4.78 is 5.57. The molecule has 0 aromatic rings. The van der Waals surface area contributed by atoms with Crippen molar-refractivity contribution in [2.75, 3.05) is 6.61 Å². The maximum atomic E-state index is 5.57. The zero-order valence-corrected chi connectivity index (χ0v) is 6.68. The molecule has 1 aliphatic heterocycles. The Morgan fingerprint density at radius 2 is 2.22 bits per heavy atom. The van der Waals surface area contributed by atoms with Crippen molar-refractivity contribution in [3.8, 4) is 0 Å². The first-order valence-electron chi connectivity index (χ1n) is 3.55. The lowest BCUT2D eigenvalue weighted by Gasteiger charge is -2.18. The van der Waals surface area contributed by atoms with Gasteiger partial charge in [0, 0.05) is 6.61 Å². The van der Waals surface area contributed by atoms with E-state index in [2.05, 4.69) is 6.92 Å². The Morgan fingerprint density at radius 1 is 1.44 bits per heavy atom. The van der Waals surface area contributed by atoms with Crippen LogP contribution in [0.3, 0.4) is 0 Å². The first kappa shape index (κ1) is 9.71. The lowest BCUT2D eigenvalue weighted by atomic mass is 10.4. The SMILES string of the molecule is CC[SiH]1CCCCO1.[AlH3]. The second kappa shape index (κ2) is 5.49. The monoisotopic (exact) mass is 160 g/mol. The highest BCUT2D eigenvalue weighted by molar-refractivity contribution is 6.51. The van der Waals surface area contributed by atoms with Gasteiger partial charge in [0.2, 0.25) is 0 Å². The van der Waals surface area contributed by atoms with E-state index in [4.69, 9.17) is 4.43 Å². The highest BCUT2D eigenvalue weighted by Crippen LogP contribution is 2.12. The third-order valence-electron chi connectivity index (χ3n) is 1.73. The fraction of sp³-hybridized carbons (Fsp3) is 1.00. The van der Waals surface area contributed by atoms with E-state index in [1.54, 1.807) is 0 Å². The molecule has 0 aromatic carbocycles. The third-order valence-corrected chi connectivity index (χ3v) is 4.40. The van der Waals surface area contributed by atoms with Gasteiger partial charge in [-0.25, -0.2) is 0 Å². The van der Waals surface area contributed by atoms with Crippen molar-refractivity contribution in [1.82, 2.24) is 0 Å². The van der Waals surface area contributed by atoms with Gasteiger partial charge in [-0.2, -0.15) is 0 Å². The van der Waals surface area contributed by atoms with E-state index in [1.807, 2.05) is 0 Å². The molecule has 1 aliphatic rings. The van der Waals surface area contributed by atoms with E-state index < -0.39 is 9.04 Å². The summed E-state index contributed by atoms with van der Waals surface area (Å²) in [7, 11) is -0.605. The molecule has 1 atom stereocenters. The van der Waals surface area contributed by atoms with E-state index in [9.17, 15) is 0 Å². The summed E-state index contributed by atoms with van der Waals surface area (Å²) in [5.41, 5.74) is 0. The van der Waals surface area contributed by atoms with Crippen molar-refractivity contribution in [3.05, 3.63) is 0 Å². The lowest BCUT2D eigenvalue weighted by Crippen LogP contribution is -2.21. The van der Waals surface area contributed by atoms with Gasteiger partial charge < -0.3 is 4.43 Å². The lowest BCUT2D eigenvalue weighted by molar-refractivity contribution is 0.287. The Kier molecular flexibility index (Phi) is 5.92. The van der Waals surface area contributed by atoms with Crippen molar-refractivity contribution in [1.29, 1.82) is 0 Å². The predicted octanol–water partition coefficient (Wildman–Crippen LogP) is 0.357. The molecule has 0 aliphatic carbocycles. The van der Waals surface area contributed by atoms with Gasteiger partial charge in [0.05, 0.1) is 0 Å². The van der Waals surface area contributed by atoms with Crippen LogP contribution in [-0.2, 0) is 4.43 Å². The second-order valence-corrected chi connectivity index (χ2v) is 5.37. The standard InChI is InChI=1S/C6H14OSi.Al.3H/c1-2-8-6-4-3-5-7-8;;;;/h8H,2-6H2,1H3;;;;. The molecule has 1 heterocycles. The summed E-state index contributed by atoms with van der Waals surface area (Å²) in [6.07, 6.45) is 2.74. The van der Waals surface area contributed by atoms with E-state index in [-0.39, 0.29) is 17.4 Å². The molecular weight excluding hydrogens is 143 g/mol. The Balaban J connectivity index is 0.000000640. The third kappa shape index (κ3) is 3.42. The van der Waals surface area contributed by atoms with Crippen LogP contribution >= 0.6 is 0 Å². The maximum absolute atomic E-state index is 5.57. The minimum atomic E-state index is -0.605. The largest absolute Gasteiger partial charge is 0.420 e. The summed E-state index contributed by atoms with van der Waals surface area (Å²) in [4.78, 5) is 0. The normalized spacial score (nSPS) is 27.0. The number of hydrogen-bond acceptors (Lipinski definition) is 1. The van der Waals surface area contributed by atoms with Crippen LogP contribution in [0.5, 0.6) is 0 Å². The van der Waals surface area contributed by atoms with Crippen LogP contribution in [0.4, 0.5) is 0 Å². The molecule has 1 unspecified atom stereocenters. The Labute approximate surface area is 69.6 Å². The maximum Gasteiger partial charge on any atom is 0.187 e. The van der Waals surface area contributed by atoms with Gasteiger partial charge in [-0.1, -0.05) is 13.3 Å². The molecule has 0 N–H and O–H groups in total. The van der Waals surface area contributed by atoms with E-state index in [1.165, 1.54) is 24.9 Å². The molecular formula is C6H17AlOSi. The molecule has 1 fully saturated rings. The predicted molar refractivity (Wildman–Crippen MR) is 47.6 cm³/mol. The molecule has 9 heavy (non-hydrogen) atoms. The average Bonchev–Trinajstić information content (AvgIpc) is 1.90. The van der Waals surface area contributed by atoms with Crippen LogP contribution < -0.4 is 0 Å². The summed E-state index contributed by atoms with van der Waals surface area (Å²) in [6.45, 7) is 3.31. The van der Waals surface area contributed by atoms with Crippen LogP contribution in [0.25, 0.3) is 0 Å². The molecule has 1 rings (SSSR count). The van der Waals surface area contributed by atoms with Crippen molar-refractivity contribution < 1.29 is 4.43 Å². The Morgan fingerprint density at radius 3 is 2.56 bits per heavy atom. The van der Waals surface area contributed by atoms with Crippen molar-refractivity contribution in [2.24, 2.45) is 0 Å². The summed E-state index contributed by atoms with van der Waals surface area (Å²) >= 11 is 0. The van der Waals surface area contributed by atoms with Crippen molar-refractivity contribution in [2.45, 2.75) is 31.9 Å². The van der Waals surface area contributed by atoms with E-state index >= 15 is 0 Å². The van der Waals surface area contributed by atoms with Crippen LogP contribution in [0, 0.1) is 0 Å². The van der Waals surface area contributed by atoms with E-state index in [0.29, 0.717) is 0 Å². The summed E-state index contributed by atoms with van der Waals surface area (Å²) in [6, 6.07) is 2.76. The molecule has 0 saturated carbocycles. The minimum absolute atomic E-state index is 0. The number of rotatable bonds is 1. The average molecular weight is 160 g/mol. The van der Waals surface area contributed by atoms with Gasteiger partial charge in [0.15, 0.2) is 26.4 Å². The molecule has 54 valence electrons. The highest BCUT2D eigenvalue weighted by atomic mass is 28.3. The fourth-order valence-corrected chi connectivity index (χ4v) is 3.18. The van der Waals surface area contributed by atoms with Crippen LogP contribution in [0.1, 0.15) is 19.8 Å². The van der Waals surface area contributed by atoms with Gasteiger partial charge in [-0.3, -0.25) is 0 Å². The molecule has 3 heteroatoms. The van der Waals surface area contributed by atoms with Gasteiger partial charge in [0.25, 0.3) is 0 Å². The van der Waals surface area contributed by atoms with Crippen molar-refractivity contribution in [3.63, 3.8) is 0 Å². The zero-order valence-electron chi connectivity index (χ0n) is 5.52. The van der Waals surface area contributed by atoms with Crippen LogP contribution in [0.2, 0.25) is 12.1 Å². The quantitative estimate of drug-likeness (QED) is 0.503. The first-order chi connectivity index (χ1) is 3.93. The topological polar surface area (TPSA) is 9.23 Å². The molecule has 0 aromatic heterocycles. The number of hydrogen-bond donors (Lipinski definition) is 0.